The number of likely N-dealkylation sites (N-methyl/N-ethyl adjacent to an activating group) is 1. The van der Waals surface area contributed by atoms with Crippen molar-refractivity contribution in [2.75, 3.05) is 67.1 Å². The molecule has 26 heavy (non-hydrogen) atoms. The third-order valence-corrected chi connectivity index (χ3v) is 6.85. The predicted molar refractivity (Wildman–Crippen MR) is 111 cm³/mol. The summed E-state index contributed by atoms with van der Waals surface area (Å²) in [5.41, 5.74) is 0. The van der Waals surface area contributed by atoms with Crippen molar-refractivity contribution in [1.29, 1.82) is 0 Å². The van der Waals surface area contributed by atoms with E-state index in [1.165, 1.54) is 9.21 Å². The largest absolute Gasteiger partial charge is 0.379 e. The zero-order valence-electron chi connectivity index (χ0n) is 15.7. The van der Waals surface area contributed by atoms with E-state index in [0.717, 1.165) is 13.0 Å². The van der Waals surface area contributed by atoms with E-state index in [4.69, 9.17) is 4.74 Å². The summed E-state index contributed by atoms with van der Waals surface area (Å²) in [7, 11) is 1.68. The van der Waals surface area contributed by atoms with Gasteiger partial charge in [0.05, 0.1) is 25.0 Å². The maximum Gasteiger partial charge on any atom is 0.241 e. The average molecular weight is 503 g/mol. The van der Waals surface area contributed by atoms with Crippen molar-refractivity contribution in [1.82, 2.24) is 19.4 Å². The molecular weight excluding hydrogens is 473 g/mol. The second kappa shape index (κ2) is 10.6. The molecule has 0 aromatic rings. The molecule has 2 aliphatic rings. The molecule has 1 amide bonds. The van der Waals surface area contributed by atoms with Gasteiger partial charge < -0.3 is 19.9 Å². The summed E-state index contributed by atoms with van der Waals surface area (Å²) >= 11 is 0. The molecule has 2 saturated heterocycles. The molecule has 2 rings (SSSR count). The van der Waals surface area contributed by atoms with Crippen LogP contribution in [0.25, 0.3) is 0 Å². The second-order valence-corrected chi connectivity index (χ2v) is 8.67. The number of carbonyl (C=O) groups excluding carboxylic acids is 1. The third kappa shape index (κ3) is 5.92. The number of carbonyl (C=O) groups is 1. The lowest BCUT2D eigenvalue weighted by atomic mass is 10.1. The number of halogens is 1. The SMILES string of the molecule is CN=C(NCC(=O)N(C)C)N1CCCC(S(=O)(=O)N2CCOCC2)C1.I. The molecule has 0 bridgehead atoms. The van der Waals surface area contributed by atoms with E-state index >= 15 is 0 Å². The minimum Gasteiger partial charge on any atom is -0.379 e. The summed E-state index contributed by atoms with van der Waals surface area (Å²) in [6.45, 7) is 2.99. The quantitative estimate of drug-likeness (QED) is 0.313. The van der Waals surface area contributed by atoms with Crippen LogP contribution < -0.4 is 5.32 Å². The minimum atomic E-state index is -3.35. The number of morpholine rings is 1. The maximum absolute atomic E-state index is 12.9. The van der Waals surface area contributed by atoms with Gasteiger partial charge in [-0.2, -0.15) is 4.31 Å². The first-order valence-corrected chi connectivity index (χ1v) is 10.1. The molecule has 1 unspecified atom stereocenters. The molecular formula is C15H30IN5O4S. The lowest BCUT2D eigenvalue weighted by molar-refractivity contribution is -0.127. The van der Waals surface area contributed by atoms with Crippen LogP contribution in [0, 0.1) is 0 Å². The number of hydrogen-bond donors (Lipinski definition) is 1. The summed E-state index contributed by atoms with van der Waals surface area (Å²) in [6, 6.07) is 0. The number of aliphatic imine (C=N–C) groups is 1. The van der Waals surface area contributed by atoms with Crippen LogP contribution >= 0.6 is 24.0 Å². The fourth-order valence-electron chi connectivity index (χ4n) is 3.03. The molecule has 0 aromatic carbocycles. The Bertz CT molecular complexity index is 593. The van der Waals surface area contributed by atoms with E-state index in [1.54, 1.807) is 21.1 Å². The highest BCUT2D eigenvalue weighted by molar-refractivity contribution is 14.0. The number of likely N-dealkylation sites (tertiary alicyclic amines) is 1. The Balaban J connectivity index is 0.00000338. The maximum atomic E-state index is 12.9. The molecule has 0 aliphatic carbocycles. The number of rotatable bonds is 4. The van der Waals surface area contributed by atoms with Gasteiger partial charge in [0.15, 0.2) is 5.96 Å². The van der Waals surface area contributed by atoms with Gasteiger partial charge in [-0.25, -0.2) is 8.42 Å². The van der Waals surface area contributed by atoms with E-state index < -0.39 is 15.3 Å². The fourth-order valence-corrected chi connectivity index (χ4v) is 4.94. The lowest BCUT2D eigenvalue weighted by Crippen LogP contribution is -2.54. The number of amides is 1. The highest BCUT2D eigenvalue weighted by atomic mass is 127. The molecule has 0 radical (unpaired) electrons. The number of hydrogen-bond acceptors (Lipinski definition) is 5. The number of guanidine groups is 1. The van der Waals surface area contributed by atoms with Crippen LogP contribution in [0.2, 0.25) is 0 Å². The molecule has 152 valence electrons. The first kappa shape index (κ1) is 23.4. The highest BCUT2D eigenvalue weighted by Gasteiger charge is 2.36. The van der Waals surface area contributed by atoms with Crippen molar-refractivity contribution < 1.29 is 17.9 Å². The third-order valence-electron chi connectivity index (χ3n) is 4.54. The molecule has 2 heterocycles. The molecule has 0 aromatic heterocycles. The molecule has 1 N–H and O–H groups in total. The average Bonchev–Trinajstić information content (AvgIpc) is 2.63. The molecule has 2 aliphatic heterocycles. The normalized spacial score (nSPS) is 22.5. The minimum absolute atomic E-state index is 0. The molecule has 2 fully saturated rings. The molecule has 1 atom stereocenters. The summed E-state index contributed by atoms with van der Waals surface area (Å²) in [4.78, 5) is 19.4. The number of nitrogens with one attached hydrogen (secondary N) is 1. The van der Waals surface area contributed by atoms with Gasteiger partial charge in [-0.3, -0.25) is 9.79 Å². The van der Waals surface area contributed by atoms with Crippen LogP contribution in [0.1, 0.15) is 12.8 Å². The number of sulfonamides is 1. The molecule has 11 heteroatoms. The summed E-state index contributed by atoms with van der Waals surface area (Å²) in [6.07, 6.45) is 1.42. The van der Waals surface area contributed by atoms with Crippen LogP contribution in [0.5, 0.6) is 0 Å². The summed E-state index contributed by atoms with van der Waals surface area (Å²) in [5, 5.41) is 2.57. The Labute approximate surface area is 173 Å². The van der Waals surface area contributed by atoms with Crippen molar-refractivity contribution in [3.63, 3.8) is 0 Å². The van der Waals surface area contributed by atoms with Crippen LogP contribution in [0.15, 0.2) is 4.99 Å². The van der Waals surface area contributed by atoms with Crippen molar-refractivity contribution in [3.05, 3.63) is 0 Å². The van der Waals surface area contributed by atoms with Crippen LogP contribution in [0.4, 0.5) is 0 Å². The Morgan fingerprint density at radius 1 is 1.27 bits per heavy atom. The van der Waals surface area contributed by atoms with Crippen molar-refractivity contribution >= 4 is 45.9 Å². The first-order valence-electron chi connectivity index (χ1n) is 8.58. The van der Waals surface area contributed by atoms with Crippen LogP contribution in [0.3, 0.4) is 0 Å². The van der Waals surface area contributed by atoms with Gasteiger partial charge in [-0.15, -0.1) is 24.0 Å². The smallest absolute Gasteiger partial charge is 0.241 e. The summed E-state index contributed by atoms with van der Waals surface area (Å²) in [5.74, 6) is 0.507. The van der Waals surface area contributed by atoms with Gasteiger partial charge in [0.2, 0.25) is 15.9 Å². The Kier molecular flexibility index (Phi) is 9.55. The Hall–Kier alpha value is -0.660. The van der Waals surface area contributed by atoms with E-state index in [1.807, 2.05) is 4.90 Å². The predicted octanol–water partition coefficient (Wildman–Crippen LogP) is -0.606. The zero-order valence-corrected chi connectivity index (χ0v) is 18.8. The molecule has 0 spiro atoms. The standard InChI is InChI=1S/C15H29N5O4S.HI/c1-16-15(17-11-14(21)18(2)3)19-6-4-5-13(12-19)25(22,23)20-7-9-24-10-8-20;/h13H,4-12H2,1-3H3,(H,16,17);1H. The van der Waals surface area contributed by atoms with Gasteiger partial charge in [0.25, 0.3) is 0 Å². The van der Waals surface area contributed by atoms with E-state index in [0.29, 0.717) is 45.2 Å². The van der Waals surface area contributed by atoms with Crippen molar-refractivity contribution in [3.8, 4) is 0 Å². The Morgan fingerprint density at radius 3 is 2.50 bits per heavy atom. The van der Waals surface area contributed by atoms with Gasteiger partial charge >= 0.3 is 0 Å². The zero-order chi connectivity index (χ0) is 18.4. The van der Waals surface area contributed by atoms with Crippen LogP contribution in [-0.4, -0.2) is 107 Å². The van der Waals surface area contributed by atoms with E-state index in [-0.39, 0.29) is 36.4 Å². The van der Waals surface area contributed by atoms with Crippen molar-refractivity contribution in [2.45, 2.75) is 18.1 Å². The monoisotopic (exact) mass is 503 g/mol. The van der Waals surface area contributed by atoms with Gasteiger partial charge in [0.1, 0.15) is 0 Å². The van der Waals surface area contributed by atoms with Crippen LogP contribution in [-0.2, 0) is 19.6 Å². The van der Waals surface area contributed by atoms with Crippen molar-refractivity contribution in [2.24, 2.45) is 4.99 Å². The van der Waals surface area contributed by atoms with E-state index in [9.17, 15) is 13.2 Å². The number of nitrogens with zero attached hydrogens (tertiary/aromatic N) is 4. The lowest BCUT2D eigenvalue weighted by Gasteiger charge is -2.37. The Morgan fingerprint density at radius 2 is 1.92 bits per heavy atom. The summed E-state index contributed by atoms with van der Waals surface area (Å²) < 4.78 is 32.5. The molecule has 0 saturated carbocycles. The van der Waals surface area contributed by atoms with Gasteiger partial charge in [0, 0.05) is 47.3 Å². The fraction of sp³-hybridized carbons (Fsp3) is 0.867. The molecule has 9 nitrogen and oxygen atoms in total. The highest BCUT2D eigenvalue weighted by Crippen LogP contribution is 2.21. The second-order valence-electron chi connectivity index (χ2n) is 6.46. The number of piperidine rings is 1. The first-order chi connectivity index (χ1) is 11.9. The van der Waals surface area contributed by atoms with Gasteiger partial charge in [-0.1, -0.05) is 0 Å². The number of ether oxygens (including phenoxy) is 1. The topological polar surface area (TPSA) is 94.6 Å². The van der Waals surface area contributed by atoms with Gasteiger partial charge in [-0.05, 0) is 12.8 Å². The van der Waals surface area contributed by atoms with E-state index in [2.05, 4.69) is 10.3 Å².